The van der Waals surface area contributed by atoms with E-state index in [4.69, 9.17) is 4.42 Å². The van der Waals surface area contributed by atoms with Gasteiger partial charge in [-0.3, -0.25) is 4.99 Å². The summed E-state index contributed by atoms with van der Waals surface area (Å²) in [6.45, 7) is 2.54. The minimum Gasteiger partial charge on any atom is -0.479 e. The number of rotatable bonds is 5. The molecule has 1 aromatic heterocycles. The first-order valence-electron chi connectivity index (χ1n) is 7.60. The fourth-order valence-electron chi connectivity index (χ4n) is 2.33. The van der Waals surface area contributed by atoms with E-state index >= 15 is 0 Å². The van der Waals surface area contributed by atoms with Crippen LogP contribution in [0.2, 0.25) is 0 Å². The molecule has 0 saturated heterocycles. The molecule has 116 valence electrons. The molecule has 0 aliphatic heterocycles. The SMILES string of the molecule is CCC(=NCc1ccccc1)c1nc(-c2ccccc2)oc1O. The maximum atomic E-state index is 10.1. The fraction of sp³-hybridized carbons (Fsp3) is 0.158. The van der Waals surface area contributed by atoms with Gasteiger partial charge in [0, 0.05) is 5.56 Å². The third-order valence-electron chi connectivity index (χ3n) is 3.53. The summed E-state index contributed by atoms with van der Waals surface area (Å²) in [5, 5.41) is 10.1. The molecule has 0 aliphatic rings. The Kier molecular flexibility index (Phi) is 4.52. The molecular weight excluding hydrogens is 288 g/mol. The van der Waals surface area contributed by atoms with Crippen LogP contribution in [-0.2, 0) is 6.54 Å². The Balaban J connectivity index is 1.88. The molecule has 0 unspecified atom stereocenters. The van der Waals surface area contributed by atoms with Crippen LogP contribution in [0.5, 0.6) is 5.95 Å². The number of nitrogens with zero attached hydrogens (tertiary/aromatic N) is 2. The molecule has 23 heavy (non-hydrogen) atoms. The highest BCUT2D eigenvalue weighted by Gasteiger charge is 2.17. The third-order valence-corrected chi connectivity index (χ3v) is 3.53. The molecule has 0 bridgehead atoms. The van der Waals surface area contributed by atoms with Gasteiger partial charge in [-0.15, -0.1) is 0 Å². The second-order valence-corrected chi connectivity index (χ2v) is 5.14. The Bertz CT molecular complexity index is 793. The van der Waals surface area contributed by atoms with Gasteiger partial charge in [-0.25, -0.2) is 4.98 Å². The van der Waals surface area contributed by atoms with Crippen LogP contribution in [-0.4, -0.2) is 15.8 Å². The summed E-state index contributed by atoms with van der Waals surface area (Å²) in [6.07, 6.45) is 0.668. The predicted molar refractivity (Wildman–Crippen MR) is 90.6 cm³/mol. The van der Waals surface area contributed by atoms with Gasteiger partial charge in [-0.2, -0.15) is 0 Å². The van der Waals surface area contributed by atoms with Crippen molar-refractivity contribution in [3.63, 3.8) is 0 Å². The normalized spacial score (nSPS) is 11.6. The third kappa shape index (κ3) is 3.48. The van der Waals surface area contributed by atoms with Crippen LogP contribution >= 0.6 is 0 Å². The second-order valence-electron chi connectivity index (χ2n) is 5.14. The lowest BCUT2D eigenvalue weighted by Crippen LogP contribution is -2.01. The molecule has 0 saturated carbocycles. The summed E-state index contributed by atoms with van der Waals surface area (Å²) in [5.41, 5.74) is 3.09. The molecule has 0 radical (unpaired) electrons. The van der Waals surface area contributed by atoms with Gasteiger partial charge < -0.3 is 9.52 Å². The molecule has 3 rings (SSSR count). The van der Waals surface area contributed by atoms with Crippen molar-refractivity contribution in [3.8, 4) is 17.4 Å². The quantitative estimate of drug-likeness (QED) is 0.709. The van der Waals surface area contributed by atoms with Gasteiger partial charge in [0.2, 0.25) is 5.89 Å². The number of aromatic nitrogens is 1. The summed E-state index contributed by atoms with van der Waals surface area (Å²) in [4.78, 5) is 9.00. The molecule has 3 aromatic rings. The molecule has 4 nitrogen and oxygen atoms in total. The number of hydrogen-bond donors (Lipinski definition) is 1. The van der Waals surface area contributed by atoms with Gasteiger partial charge >= 0.3 is 5.95 Å². The van der Waals surface area contributed by atoms with E-state index in [1.807, 2.05) is 67.6 Å². The Morgan fingerprint density at radius 3 is 2.35 bits per heavy atom. The monoisotopic (exact) mass is 306 g/mol. The Labute approximate surface area is 135 Å². The Hall–Kier alpha value is -2.88. The van der Waals surface area contributed by atoms with Crippen molar-refractivity contribution in [1.29, 1.82) is 0 Å². The molecule has 0 amide bonds. The minimum atomic E-state index is -0.183. The van der Waals surface area contributed by atoms with E-state index in [1.54, 1.807) is 0 Å². The first-order chi connectivity index (χ1) is 11.3. The lowest BCUT2D eigenvalue weighted by atomic mass is 10.2. The van der Waals surface area contributed by atoms with Gasteiger partial charge in [0.1, 0.15) is 0 Å². The number of benzene rings is 2. The largest absolute Gasteiger partial charge is 0.479 e. The van der Waals surface area contributed by atoms with Crippen LogP contribution in [0, 0.1) is 0 Å². The van der Waals surface area contributed by atoms with Gasteiger partial charge in [-0.1, -0.05) is 55.5 Å². The first-order valence-corrected chi connectivity index (χ1v) is 7.60. The van der Waals surface area contributed by atoms with Gasteiger partial charge in [0.05, 0.1) is 12.3 Å². The van der Waals surface area contributed by atoms with Gasteiger partial charge in [-0.05, 0) is 24.1 Å². The lowest BCUT2D eigenvalue weighted by molar-refractivity contribution is 0.336. The zero-order chi connectivity index (χ0) is 16.1. The second kappa shape index (κ2) is 6.92. The van der Waals surface area contributed by atoms with Crippen LogP contribution in [0.4, 0.5) is 0 Å². The number of hydrogen-bond acceptors (Lipinski definition) is 4. The van der Waals surface area contributed by atoms with Gasteiger partial charge in [0.25, 0.3) is 0 Å². The average Bonchev–Trinajstić information content (AvgIpc) is 2.99. The molecular formula is C19H18N2O2. The van der Waals surface area contributed by atoms with Crippen molar-refractivity contribution in [1.82, 2.24) is 4.98 Å². The van der Waals surface area contributed by atoms with Crippen LogP contribution in [0.25, 0.3) is 11.5 Å². The lowest BCUT2D eigenvalue weighted by Gasteiger charge is -2.01. The van der Waals surface area contributed by atoms with E-state index in [9.17, 15) is 5.11 Å². The first kappa shape index (κ1) is 15.0. The standard InChI is InChI=1S/C19H18N2O2/c1-2-16(20-13-14-9-5-3-6-10-14)17-19(22)23-18(21-17)15-11-7-4-8-12-15/h3-12,22H,2,13H2,1H3. The van der Waals surface area contributed by atoms with Crippen molar-refractivity contribution in [2.45, 2.75) is 19.9 Å². The van der Waals surface area contributed by atoms with Gasteiger partial charge in [0.15, 0.2) is 5.69 Å². The molecule has 1 N–H and O–H groups in total. The van der Waals surface area contributed by atoms with Crippen LogP contribution in [0.1, 0.15) is 24.6 Å². The molecule has 0 spiro atoms. The molecule has 1 heterocycles. The summed E-state index contributed by atoms with van der Waals surface area (Å²) < 4.78 is 5.40. The van der Waals surface area contributed by atoms with E-state index < -0.39 is 0 Å². The van der Waals surface area contributed by atoms with Crippen LogP contribution < -0.4 is 0 Å². The molecule has 0 aliphatic carbocycles. The summed E-state index contributed by atoms with van der Waals surface area (Å²) in [5.74, 6) is 0.219. The minimum absolute atomic E-state index is 0.183. The Morgan fingerprint density at radius 2 is 1.70 bits per heavy atom. The summed E-state index contributed by atoms with van der Waals surface area (Å²) in [7, 11) is 0. The van der Waals surface area contributed by atoms with Crippen molar-refractivity contribution >= 4 is 5.71 Å². The smallest absolute Gasteiger partial charge is 0.312 e. The van der Waals surface area contributed by atoms with E-state index in [-0.39, 0.29) is 5.95 Å². The number of oxazole rings is 1. The van der Waals surface area contributed by atoms with E-state index in [0.717, 1.165) is 16.8 Å². The van der Waals surface area contributed by atoms with Crippen molar-refractivity contribution in [2.24, 2.45) is 4.99 Å². The van der Waals surface area contributed by atoms with E-state index in [0.29, 0.717) is 24.6 Å². The molecule has 2 aromatic carbocycles. The Morgan fingerprint density at radius 1 is 1.04 bits per heavy atom. The summed E-state index contributed by atoms with van der Waals surface area (Å²) in [6, 6.07) is 19.5. The fourth-order valence-corrected chi connectivity index (χ4v) is 2.33. The van der Waals surface area contributed by atoms with E-state index in [1.165, 1.54) is 0 Å². The highest BCUT2D eigenvalue weighted by Crippen LogP contribution is 2.27. The van der Waals surface area contributed by atoms with Crippen molar-refractivity contribution in [3.05, 3.63) is 71.9 Å². The number of aliphatic imine (C=N–C) groups is 1. The van der Waals surface area contributed by atoms with Crippen molar-refractivity contribution < 1.29 is 9.52 Å². The maximum Gasteiger partial charge on any atom is 0.312 e. The average molecular weight is 306 g/mol. The zero-order valence-electron chi connectivity index (χ0n) is 12.9. The summed E-state index contributed by atoms with van der Waals surface area (Å²) >= 11 is 0. The van der Waals surface area contributed by atoms with E-state index in [2.05, 4.69) is 9.98 Å². The molecule has 0 atom stereocenters. The number of aromatic hydroxyl groups is 1. The van der Waals surface area contributed by atoms with Crippen LogP contribution in [0.15, 0.2) is 70.1 Å². The highest BCUT2D eigenvalue weighted by atomic mass is 16.5. The van der Waals surface area contributed by atoms with Crippen LogP contribution in [0.3, 0.4) is 0 Å². The highest BCUT2D eigenvalue weighted by molar-refractivity contribution is 6.00. The topological polar surface area (TPSA) is 58.6 Å². The molecule has 0 fully saturated rings. The predicted octanol–water partition coefficient (Wildman–Crippen LogP) is 4.45. The maximum absolute atomic E-state index is 10.1. The zero-order valence-corrected chi connectivity index (χ0v) is 12.9. The molecule has 4 heteroatoms. The van der Waals surface area contributed by atoms with Crippen molar-refractivity contribution in [2.75, 3.05) is 0 Å².